The number of carbonyl (C=O) groups is 3. The second kappa shape index (κ2) is 9.05. The van der Waals surface area contributed by atoms with E-state index in [0.717, 1.165) is 23.1 Å². The third kappa shape index (κ3) is 5.11. The second-order valence-electron chi connectivity index (χ2n) is 7.14. The molecular weight excluding hydrogens is 360 g/mol. The number of unbranched alkanes of at least 4 members (excludes halogenated alkanes) is 1. The smallest absolute Gasteiger partial charge is 0.413 e. The first-order valence-electron chi connectivity index (χ1n) is 8.68. The average molecular weight is 391 g/mol. The Bertz CT molecular complexity index is 534. The highest BCUT2D eigenvalue weighted by Crippen LogP contribution is 2.45. The van der Waals surface area contributed by atoms with Crippen LogP contribution in [0.1, 0.15) is 47.5 Å². The number of nitrogens with two attached hydrogens (primary N) is 1. The second-order valence-corrected chi connectivity index (χ2v) is 8.31. The molecule has 3 atom stereocenters. The molecule has 8 nitrogen and oxygen atoms in total. The minimum Gasteiger partial charge on any atom is -0.467 e. The van der Waals surface area contributed by atoms with Gasteiger partial charge in [0.15, 0.2) is 0 Å². The summed E-state index contributed by atoms with van der Waals surface area (Å²) < 4.78 is 16.1. The van der Waals surface area contributed by atoms with Crippen molar-refractivity contribution in [2.45, 2.75) is 70.2 Å². The Hall–Kier alpha value is -1.32. The molecule has 26 heavy (non-hydrogen) atoms. The molecule has 1 amide bonds. The molecule has 2 unspecified atom stereocenters. The summed E-state index contributed by atoms with van der Waals surface area (Å²) in [6.07, 6.45) is 0.714. The van der Waals surface area contributed by atoms with Crippen molar-refractivity contribution in [1.29, 1.82) is 0 Å². The van der Waals surface area contributed by atoms with Gasteiger partial charge in [0.2, 0.25) is 5.78 Å². The zero-order valence-electron chi connectivity index (χ0n) is 16.4. The summed E-state index contributed by atoms with van der Waals surface area (Å²) in [6.45, 7) is 8.94. The number of hydrogen-bond acceptors (Lipinski definition) is 8. The lowest BCUT2D eigenvalue weighted by Gasteiger charge is -2.41. The first-order valence-corrected chi connectivity index (χ1v) is 9.66. The summed E-state index contributed by atoms with van der Waals surface area (Å²) in [5.41, 5.74) is 5.05. The lowest BCUT2D eigenvalue weighted by atomic mass is 10.1. The SMILES string of the molecule is CCCCOC(=O)N1C(C(=O)OC)CSC1(OC(C)(C)C)C(=O)[C@H](C)N. The van der Waals surface area contributed by atoms with Crippen LogP contribution in [-0.2, 0) is 23.8 Å². The maximum Gasteiger partial charge on any atom is 0.413 e. The van der Waals surface area contributed by atoms with E-state index in [0.29, 0.717) is 6.42 Å². The summed E-state index contributed by atoms with van der Waals surface area (Å²) in [4.78, 5) is 39.0. The molecule has 1 aliphatic rings. The van der Waals surface area contributed by atoms with E-state index in [9.17, 15) is 14.4 Å². The largest absolute Gasteiger partial charge is 0.467 e. The Morgan fingerprint density at radius 3 is 2.42 bits per heavy atom. The van der Waals surface area contributed by atoms with E-state index < -0.39 is 40.6 Å². The molecule has 0 spiro atoms. The fraction of sp³-hybridized carbons (Fsp3) is 0.824. The molecule has 0 aliphatic carbocycles. The molecule has 0 bridgehead atoms. The normalized spacial score (nSPS) is 24.3. The van der Waals surface area contributed by atoms with Crippen molar-refractivity contribution in [2.24, 2.45) is 5.73 Å². The molecule has 1 rings (SSSR count). The average Bonchev–Trinajstić information content (AvgIpc) is 2.91. The van der Waals surface area contributed by atoms with Crippen molar-refractivity contribution in [3.8, 4) is 0 Å². The van der Waals surface area contributed by atoms with Gasteiger partial charge in [0.25, 0.3) is 5.06 Å². The summed E-state index contributed by atoms with van der Waals surface area (Å²) >= 11 is 1.05. The zero-order chi connectivity index (χ0) is 20.1. The van der Waals surface area contributed by atoms with Crippen LogP contribution >= 0.6 is 11.8 Å². The number of hydrogen-bond donors (Lipinski definition) is 1. The van der Waals surface area contributed by atoms with Gasteiger partial charge in [0, 0.05) is 5.75 Å². The highest BCUT2D eigenvalue weighted by atomic mass is 32.2. The molecule has 0 aromatic heterocycles. The van der Waals surface area contributed by atoms with Crippen LogP contribution in [0.2, 0.25) is 0 Å². The Labute approximate surface area is 159 Å². The number of Topliss-reactive ketones (excluding diaryl/α,β-unsaturated/α-hetero) is 1. The minimum absolute atomic E-state index is 0.143. The summed E-state index contributed by atoms with van der Waals surface area (Å²) in [7, 11) is 1.23. The van der Waals surface area contributed by atoms with Gasteiger partial charge < -0.3 is 19.9 Å². The molecule has 0 aromatic carbocycles. The van der Waals surface area contributed by atoms with Crippen LogP contribution in [0.4, 0.5) is 4.79 Å². The molecule has 1 saturated heterocycles. The van der Waals surface area contributed by atoms with Crippen LogP contribution in [0, 0.1) is 0 Å². The topological polar surface area (TPSA) is 108 Å². The van der Waals surface area contributed by atoms with Gasteiger partial charge >= 0.3 is 12.1 Å². The lowest BCUT2D eigenvalue weighted by Crippen LogP contribution is -2.62. The van der Waals surface area contributed by atoms with Crippen LogP contribution in [0.15, 0.2) is 0 Å². The number of methoxy groups -OCH3 is 1. The predicted octanol–water partition coefficient (Wildman–Crippen LogP) is 1.90. The molecule has 1 heterocycles. The summed E-state index contributed by atoms with van der Waals surface area (Å²) in [6, 6.07) is -1.89. The Morgan fingerprint density at radius 1 is 1.35 bits per heavy atom. The molecule has 1 aliphatic heterocycles. The molecule has 150 valence electrons. The number of ether oxygens (including phenoxy) is 3. The van der Waals surface area contributed by atoms with Gasteiger partial charge in [-0.2, -0.15) is 0 Å². The monoisotopic (exact) mass is 390 g/mol. The van der Waals surface area contributed by atoms with Gasteiger partial charge in [-0.05, 0) is 34.1 Å². The minimum atomic E-state index is -1.74. The maximum atomic E-state index is 13.0. The number of amides is 1. The van der Waals surface area contributed by atoms with Crippen molar-refractivity contribution in [1.82, 2.24) is 4.90 Å². The first-order chi connectivity index (χ1) is 12.0. The van der Waals surface area contributed by atoms with Crippen LogP contribution in [-0.4, -0.2) is 65.0 Å². The van der Waals surface area contributed by atoms with Crippen molar-refractivity contribution >= 4 is 29.6 Å². The molecule has 0 radical (unpaired) electrons. The van der Waals surface area contributed by atoms with Gasteiger partial charge in [-0.1, -0.05) is 25.1 Å². The molecule has 1 fully saturated rings. The maximum absolute atomic E-state index is 13.0. The number of carbonyl (C=O) groups excluding carboxylic acids is 3. The highest BCUT2D eigenvalue weighted by Gasteiger charge is 2.61. The Kier molecular flexibility index (Phi) is 7.91. The zero-order valence-corrected chi connectivity index (χ0v) is 17.2. The van der Waals surface area contributed by atoms with E-state index in [2.05, 4.69) is 0 Å². The van der Waals surface area contributed by atoms with Crippen LogP contribution in [0.5, 0.6) is 0 Å². The number of nitrogens with zero attached hydrogens (tertiary/aromatic N) is 1. The van der Waals surface area contributed by atoms with Gasteiger partial charge in [0.05, 0.1) is 25.4 Å². The Morgan fingerprint density at radius 2 is 1.96 bits per heavy atom. The van der Waals surface area contributed by atoms with E-state index in [1.807, 2.05) is 6.92 Å². The van der Waals surface area contributed by atoms with Crippen LogP contribution in [0.25, 0.3) is 0 Å². The number of ketones is 1. The number of rotatable bonds is 7. The standard InChI is InChI=1S/C17H30N2O6S/c1-7-8-9-24-15(22)19-12(14(21)23-6)10-26-17(19,13(20)11(2)18)25-16(3,4)5/h11-12H,7-10,18H2,1-6H3/t11-,12?,17?/m0/s1. The third-order valence-electron chi connectivity index (χ3n) is 3.63. The fourth-order valence-electron chi connectivity index (χ4n) is 2.49. The van der Waals surface area contributed by atoms with E-state index in [1.54, 1.807) is 20.8 Å². The van der Waals surface area contributed by atoms with E-state index >= 15 is 0 Å². The van der Waals surface area contributed by atoms with Gasteiger partial charge in [-0.15, -0.1) is 0 Å². The van der Waals surface area contributed by atoms with Gasteiger partial charge in [0.1, 0.15) is 6.04 Å². The Balaban J connectivity index is 3.35. The quantitative estimate of drug-likeness (QED) is 0.519. The summed E-state index contributed by atoms with van der Waals surface area (Å²) in [5, 5.41) is -1.74. The molecule has 0 saturated carbocycles. The van der Waals surface area contributed by atoms with Crippen molar-refractivity contribution < 1.29 is 28.6 Å². The third-order valence-corrected chi connectivity index (χ3v) is 4.98. The van der Waals surface area contributed by atoms with Crippen molar-refractivity contribution in [3.05, 3.63) is 0 Å². The van der Waals surface area contributed by atoms with Gasteiger partial charge in [-0.25, -0.2) is 14.5 Å². The van der Waals surface area contributed by atoms with Crippen LogP contribution < -0.4 is 5.73 Å². The molecular formula is C17H30N2O6S. The number of esters is 1. The van der Waals surface area contributed by atoms with Crippen molar-refractivity contribution in [3.63, 3.8) is 0 Å². The molecule has 2 N–H and O–H groups in total. The predicted molar refractivity (Wildman–Crippen MR) is 98.6 cm³/mol. The van der Waals surface area contributed by atoms with Crippen LogP contribution in [0.3, 0.4) is 0 Å². The number of thioether (sulfide) groups is 1. The van der Waals surface area contributed by atoms with E-state index in [1.165, 1.54) is 14.0 Å². The van der Waals surface area contributed by atoms with Gasteiger partial charge in [-0.3, -0.25) is 4.79 Å². The summed E-state index contributed by atoms with van der Waals surface area (Å²) in [5.74, 6) is -0.998. The fourth-order valence-corrected chi connectivity index (χ4v) is 4.14. The van der Waals surface area contributed by atoms with E-state index in [4.69, 9.17) is 19.9 Å². The first kappa shape index (κ1) is 22.7. The van der Waals surface area contributed by atoms with Crippen molar-refractivity contribution in [2.75, 3.05) is 19.5 Å². The van der Waals surface area contributed by atoms with E-state index in [-0.39, 0.29) is 12.4 Å². The molecule has 0 aromatic rings. The highest BCUT2D eigenvalue weighted by molar-refractivity contribution is 8.01. The molecule has 9 heteroatoms. The lowest BCUT2D eigenvalue weighted by molar-refractivity contribution is -0.178.